The largest absolute Gasteiger partial charge is 0.490 e. The molecule has 9 heteroatoms. The van der Waals surface area contributed by atoms with E-state index < -0.39 is 0 Å². The summed E-state index contributed by atoms with van der Waals surface area (Å²) in [5.74, 6) is 1.22. The molecule has 1 aromatic carbocycles. The fraction of sp³-hybridized carbons (Fsp3) is 0.524. The van der Waals surface area contributed by atoms with Crippen molar-refractivity contribution >= 4 is 29.7 Å². The van der Waals surface area contributed by atoms with Gasteiger partial charge in [-0.2, -0.15) is 9.78 Å². The van der Waals surface area contributed by atoms with Crippen LogP contribution in [0.4, 0.5) is 5.69 Å². The van der Waals surface area contributed by atoms with E-state index in [0.717, 1.165) is 57.7 Å². The molecule has 2 aliphatic heterocycles. The van der Waals surface area contributed by atoms with E-state index in [-0.39, 0.29) is 29.1 Å². The lowest BCUT2D eigenvalue weighted by Crippen LogP contribution is -2.34. The fourth-order valence-corrected chi connectivity index (χ4v) is 3.93. The van der Waals surface area contributed by atoms with Crippen molar-refractivity contribution in [2.24, 2.45) is 5.92 Å². The van der Waals surface area contributed by atoms with Crippen molar-refractivity contribution in [3.63, 3.8) is 0 Å². The second-order valence-corrected chi connectivity index (χ2v) is 7.99. The Bertz CT molecular complexity index is 864. The van der Waals surface area contributed by atoms with E-state index in [1.165, 1.54) is 4.68 Å². The van der Waals surface area contributed by atoms with Crippen LogP contribution in [0.5, 0.6) is 5.75 Å². The normalized spacial score (nSPS) is 19.7. The quantitative estimate of drug-likeness (QED) is 0.697. The maximum absolute atomic E-state index is 12.7. The molecule has 2 N–H and O–H groups in total. The molecular weight excluding hydrogens is 427 g/mol. The number of piperidine rings is 1. The molecule has 2 aromatic rings. The van der Waals surface area contributed by atoms with E-state index in [0.29, 0.717) is 23.8 Å². The number of hydrogen-bond donors (Lipinski definition) is 2. The number of hydrogen-bond acceptors (Lipinski definition) is 6. The van der Waals surface area contributed by atoms with Crippen molar-refractivity contribution in [1.29, 1.82) is 0 Å². The molecule has 2 saturated heterocycles. The van der Waals surface area contributed by atoms with Crippen LogP contribution in [0.3, 0.4) is 0 Å². The zero-order valence-electron chi connectivity index (χ0n) is 16.8. The van der Waals surface area contributed by atoms with Crippen LogP contribution >= 0.6 is 24.0 Å². The van der Waals surface area contributed by atoms with Crippen LogP contribution in [0.1, 0.15) is 25.7 Å². The van der Waals surface area contributed by atoms with E-state index in [1.54, 1.807) is 6.20 Å². The minimum absolute atomic E-state index is 0. The van der Waals surface area contributed by atoms with Crippen LogP contribution in [-0.2, 0) is 4.74 Å². The minimum Gasteiger partial charge on any atom is -0.490 e. The predicted octanol–water partition coefficient (Wildman–Crippen LogP) is 3.28. The van der Waals surface area contributed by atoms with Gasteiger partial charge < -0.3 is 20.1 Å². The van der Waals surface area contributed by atoms with Crippen molar-refractivity contribution in [3.8, 4) is 11.4 Å². The molecule has 0 unspecified atom stereocenters. The molecule has 1 atom stereocenters. The van der Waals surface area contributed by atoms with Gasteiger partial charge in [0.2, 0.25) is 0 Å². The zero-order chi connectivity index (χ0) is 20.1. The second-order valence-electron chi connectivity index (χ2n) is 7.61. The van der Waals surface area contributed by atoms with Gasteiger partial charge in [0.25, 0.3) is 5.56 Å². The average molecular weight is 455 g/mol. The molecule has 3 heterocycles. The van der Waals surface area contributed by atoms with Gasteiger partial charge >= 0.3 is 0 Å². The topological polar surface area (TPSA) is 77.4 Å². The van der Waals surface area contributed by atoms with Gasteiger partial charge in [-0.15, -0.1) is 12.4 Å². The van der Waals surface area contributed by atoms with Gasteiger partial charge in [0, 0.05) is 13.2 Å². The Morgan fingerprint density at radius 3 is 2.70 bits per heavy atom. The van der Waals surface area contributed by atoms with Crippen molar-refractivity contribution in [3.05, 3.63) is 45.8 Å². The molecule has 0 saturated carbocycles. The van der Waals surface area contributed by atoms with E-state index in [1.807, 2.05) is 24.3 Å². The minimum atomic E-state index is -0.344. The highest BCUT2D eigenvalue weighted by Crippen LogP contribution is 2.21. The van der Waals surface area contributed by atoms with Gasteiger partial charge in [-0.05, 0) is 69.0 Å². The summed E-state index contributed by atoms with van der Waals surface area (Å²) in [6.45, 7) is 4.24. The number of anilines is 1. The first-order chi connectivity index (χ1) is 14.2. The number of aromatic nitrogens is 2. The van der Waals surface area contributed by atoms with Crippen LogP contribution in [0, 0.1) is 5.92 Å². The van der Waals surface area contributed by atoms with Gasteiger partial charge in [0.1, 0.15) is 16.9 Å². The molecule has 164 valence electrons. The van der Waals surface area contributed by atoms with Crippen LogP contribution in [-0.4, -0.2) is 48.7 Å². The van der Waals surface area contributed by atoms with Crippen LogP contribution in [0.2, 0.25) is 5.02 Å². The summed E-state index contributed by atoms with van der Waals surface area (Å²) in [7, 11) is 0. The van der Waals surface area contributed by atoms with E-state index in [4.69, 9.17) is 21.1 Å². The highest BCUT2D eigenvalue weighted by molar-refractivity contribution is 6.32. The summed E-state index contributed by atoms with van der Waals surface area (Å²) < 4.78 is 12.8. The summed E-state index contributed by atoms with van der Waals surface area (Å²) in [5.41, 5.74) is 0.870. The Morgan fingerprint density at radius 1 is 1.23 bits per heavy atom. The fourth-order valence-electron chi connectivity index (χ4n) is 3.73. The van der Waals surface area contributed by atoms with E-state index >= 15 is 0 Å². The monoisotopic (exact) mass is 454 g/mol. The van der Waals surface area contributed by atoms with Crippen molar-refractivity contribution in [2.75, 3.05) is 38.2 Å². The van der Waals surface area contributed by atoms with Crippen molar-refractivity contribution in [1.82, 2.24) is 15.1 Å². The first kappa shape index (κ1) is 22.9. The first-order valence-corrected chi connectivity index (χ1v) is 10.7. The molecular formula is C21H28Cl2N4O3. The summed E-state index contributed by atoms with van der Waals surface area (Å²) in [4.78, 5) is 12.7. The summed E-state index contributed by atoms with van der Waals surface area (Å²) in [6.07, 6.45) is 6.02. The lowest BCUT2D eigenvalue weighted by Gasteiger charge is -2.24. The third-order valence-electron chi connectivity index (χ3n) is 5.42. The Hall–Kier alpha value is -1.80. The van der Waals surface area contributed by atoms with E-state index in [2.05, 4.69) is 15.7 Å². The smallest absolute Gasteiger partial charge is 0.292 e. The van der Waals surface area contributed by atoms with Gasteiger partial charge in [0.15, 0.2) is 0 Å². The Morgan fingerprint density at radius 2 is 2.00 bits per heavy atom. The first-order valence-electron chi connectivity index (χ1n) is 10.3. The summed E-state index contributed by atoms with van der Waals surface area (Å²) in [5, 5.41) is 11.0. The molecule has 0 amide bonds. The zero-order valence-corrected chi connectivity index (χ0v) is 18.4. The second kappa shape index (κ2) is 11.0. The highest BCUT2D eigenvalue weighted by Gasteiger charge is 2.17. The molecule has 0 spiro atoms. The molecule has 0 radical (unpaired) electrons. The van der Waals surface area contributed by atoms with Crippen LogP contribution in [0.25, 0.3) is 5.69 Å². The molecule has 0 bridgehead atoms. The number of ether oxygens (including phenoxy) is 2. The van der Waals surface area contributed by atoms with Crippen molar-refractivity contribution < 1.29 is 9.47 Å². The Kier molecular flexibility index (Phi) is 8.39. The van der Waals surface area contributed by atoms with Gasteiger partial charge in [-0.1, -0.05) is 11.6 Å². The molecule has 0 aliphatic carbocycles. The highest BCUT2D eigenvalue weighted by atomic mass is 35.5. The third-order valence-corrected chi connectivity index (χ3v) is 5.79. The SMILES string of the molecule is Cl.O=c1c(Cl)c(NC[C@@H]2CCCOC2)cnn1-c1ccc(OC2CCNCC2)cc1. The number of halogens is 2. The Labute approximate surface area is 187 Å². The number of benzene rings is 1. The maximum atomic E-state index is 12.7. The predicted molar refractivity (Wildman–Crippen MR) is 121 cm³/mol. The summed E-state index contributed by atoms with van der Waals surface area (Å²) >= 11 is 6.33. The van der Waals surface area contributed by atoms with Crippen LogP contribution in [0.15, 0.2) is 35.3 Å². The lowest BCUT2D eigenvalue weighted by atomic mass is 10.0. The molecule has 2 fully saturated rings. The molecule has 2 aliphatic rings. The third kappa shape index (κ3) is 5.66. The van der Waals surface area contributed by atoms with Crippen LogP contribution < -0.4 is 20.9 Å². The van der Waals surface area contributed by atoms with E-state index in [9.17, 15) is 4.79 Å². The molecule has 30 heavy (non-hydrogen) atoms. The van der Waals surface area contributed by atoms with Gasteiger partial charge in [-0.25, -0.2) is 0 Å². The van der Waals surface area contributed by atoms with Crippen molar-refractivity contribution in [2.45, 2.75) is 31.8 Å². The number of nitrogens with zero attached hydrogens (tertiary/aromatic N) is 2. The van der Waals surface area contributed by atoms with Gasteiger partial charge in [0.05, 0.1) is 24.2 Å². The average Bonchev–Trinajstić information content (AvgIpc) is 2.77. The maximum Gasteiger partial charge on any atom is 0.292 e. The molecule has 1 aromatic heterocycles. The number of nitrogens with one attached hydrogen (secondary N) is 2. The standard InChI is InChI=1S/C21H27ClN4O3.ClH/c22-20-19(24-12-15-2-1-11-28-14-15)13-25-26(21(20)27)16-3-5-17(6-4-16)29-18-7-9-23-10-8-18;/h3-6,13,15,18,23-24H,1-2,7-12,14H2;1H/t15-;/m0./s1. The van der Waals surface area contributed by atoms with Gasteiger partial charge in [-0.3, -0.25) is 4.79 Å². The summed E-state index contributed by atoms with van der Waals surface area (Å²) in [6, 6.07) is 7.39. The molecule has 7 nitrogen and oxygen atoms in total. The molecule has 4 rings (SSSR count). The lowest BCUT2D eigenvalue weighted by molar-refractivity contribution is 0.0595. The Balaban J connectivity index is 0.00000256. The number of rotatable bonds is 6.